The molecule has 0 bridgehead atoms. The first kappa shape index (κ1) is 17.4. The number of aliphatic hydroxyl groups is 1. The fourth-order valence-electron chi connectivity index (χ4n) is 2.04. The van der Waals surface area contributed by atoms with Gasteiger partial charge in [0.1, 0.15) is 5.75 Å². The van der Waals surface area contributed by atoms with Gasteiger partial charge in [-0.1, -0.05) is 18.2 Å². The van der Waals surface area contributed by atoms with Gasteiger partial charge in [-0.15, -0.1) is 0 Å². The second kappa shape index (κ2) is 8.03. The second-order valence-electron chi connectivity index (χ2n) is 5.12. The molecule has 2 rings (SSSR count). The van der Waals surface area contributed by atoms with Gasteiger partial charge in [0.25, 0.3) is 0 Å². The molecule has 0 aliphatic heterocycles. The molecule has 2 aromatic carbocycles. The van der Waals surface area contributed by atoms with Crippen molar-refractivity contribution in [3.8, 4) is 17.2 Å². The van der Waals surface area contributed by atoms with Crippen LogP contribution in [0.3, 0.4) is 0 Å². The predicted octanol–water partition coefficient (Wildman–Crippen LogP) is 1.97. The van der Waals surface area contributed by atoms with Gasteiger partial charge in [0.05, 0.1) is 13.2 Å². The van der Waals surface area contributed by atoms with Gasteiger partial charge < -0.3 is 25.4 Å². The zero-order valence-electron chi connectivity index (χ0n) is 13.1. The lowest BCUT2D eigenvalue weighted by atomic mass is 10.1. The van der Waals surface area contributed by atoms with E-state index in [1.165, 1.54) is 31.4 Å². The maximum Gasteiger partial charge on any atom is 0.244 e. The SMILES string of the molecule is COc1cc(C=CC(=O)NC[C@H](O)c2ccc(O)cc2)ccc1O. The number of carbonyl (C=O) groups is 1. The van der Waals surface area contributed by atoms with Gasteiger partial charge in [-0.2, -0.15) is 0 Å². The largest absolute Gasteiger partial charge is 0.508 e. The number of nitrogens with one attached hydrogen (secondary N) is 1. The Balaban J connectivity index is 1.89. The quantitative estimate of drug-likeness (QED) is 0.607. The Bertz CT molecular complexity index is 725. The minimum Gasteiger partial charge on any atom is -0.508 e. The number of methoxy groups -OCH3 is 1. The van der Waals surface area contributed by atoms with Crippen LogP contribution in [0.25, 0.3) is 6.08 Å². The molecule has 126 valence electrons. The van der Waals surface area contributed by atoms with Crippen molar-refractivity contribution in [1.29, 1.82) is 0 Å². The number of ether oxygens (including phenoxy) is 1. The van der Waals surface area contributed by atoms with Crippen LogP contribution in [-0.4, -0.2) is 34.9 Å². The first-order valence-electron chi connectivity index (χ1n) is 7.29. The van der Waals surface area contributed by atoms with Crippen molar-refractivity contribution >= 4 is 12.0 Å². The Kier molecular flexibility index (Phi) is 5.81. The molecule has 2 aromatic rings. The van der Waals surface area contributed by atoms with Crippen molar-refractivity contribution in [1.82, 2.24) is 5.32 Å². The van der Waals surface area contributed by atoms with Crippen molar-refractivity contribution in [2.24, 2.45) is 0 Å². The van der Waals surface area contributed by atoms with Crippen LogP contribution >= 0.6 is 0 Å². The maximum absolute atomic E-state index is 11.8. The summed E-state index contributed by atoms with van der Waals surface area (Å²) in [6, 6.07) is 10.8. The molecule has 4 N–H and O–H groups in total. The van der Waals surface area contributed by atoms with E-state index in [-0.39, 0.29) is 24.0 Å². The molecule has 0 unspecified atom stereocenters. The first-order chi connectivity index (χ1) is 11.5. The highest BCUT2D eigenvalue weighted by Gasteiger charge is 2.08. The Labute approximate surface area is 139 Å². The van der Waals surface area contributed by atoms with Gasteiger partial charge in [-0.3, -0.25) is 4.79 Å². The van der Waals surface area contributed by atoms with Gasteiger partial charge in [0.2, 0.25) is 5.91 Å². The van der Waals surface area contributed by atoms with E-state index in [4.69, 9.17) is 4.74 Å². The van der Waals surface area contributed by atoms with E-state index in [9.17, 15) is 20.1 Å². The number of hydrogen-bond acceptors (Lipinski definition) is 5. The number of carbonyl (C=O) groups excluding carboxylic acids is 1. The first-order valence-corrected chi connectivity index (χ1v) is 7.29. The van der Waals surface area contributed by atoms with E-state index in [0.717, 1.165) is 0 Å². The molecule has 1 atom stereocenters. The van der Waals surface area contributed by atoms with Crippen LogP contribution in [0, 0.1) is 0 Å². The lowest BCUT2D eigenvalue weighted by molar-refractivity contribution is -0.116. The smallest absolute Gasteiger partial charge is 0.244 e. The summed E-state index contributed by atoms with van der Waals surface area (Å²) < 4.78 is 4.99. The minimum atomic E-state index is -0.864. The number of hydrogen-bond donors (Lipinski definition) is 4. The molecule has 0 fully saturated rings. The fourth-order valence-corrected chi connectivity index (χ4v) is 2.04. The van der Waals surface area contributed by atoms with Crippen molar-refractivity contribution < 1.29 is 24.9 Å². The van der Waals surface area contributed by atoms with E-state index in [0.29, 0.717) is 16.9 Å². The average molecular weight is 329 g/mol. The van der Waals surface area contributed by atoms with Crippen molar-refractivity contribution in [3.05, 3.63) is 59.7 Å². The van der Waals surface area contributed by atoms with Crippen molar-refractivity contribution in [2.75, 3.05) is 13.7 Å². The molecular weight excluding hydrogens is 310 g/mol. The zero-order valence-corrected chi connectivity index (χ0v) is 13.1. The van der Waals surface area contributed by atoms with Crippen LogP contribution in [-0.2, 0) is 4.79 Å². The number of benzene rings is 2. The molecule has 0 aliphatic rings. The van der Waals surface area contributed by atoms with Gasteiger partial charge in [-0.25, -0.2) is 0 Å². The van der Waals surface area contributed by atoms with E-state index >= 15 is 0 Å². The lowest BCUT2D eigenvalue weighted by Crippen LogP contribution is -2.26. The number of amides is 1. The van der Waals surface area contributed by atoms with E-state index in [1.54, 1.807) is 30.3 Å². The molecule has 0 saturated heterocycles. The van der Waals surface area contributed by atoms with E-state index in [2.05, 4.69) is 5.32 Å². The number of aliphatic hydroxyl groups excluding tert-OH is 1. The van der Waals surface area contributed by atoms with Crippen LogP contribution < -0.4 is 10.1 Å². The molecule has 6 heteroatoms. The van der Waals surface area contributed by atoms with Crippen LogP contribution in [0.4, 0.5) is 0 Å². The van der Waals surface area contributed by atoms with Crippen LogP contribution in [0.1, 0.15) is 17.2 Å². The summed E-state index contributed by atoms with van der Waals surface area (Å²) in [6.07, 6.45) is 2.04. The third kappa shape index (κ3) is 4.76. The summed E-state index contributed by atoms with van der Waals surface area (Å²) >= 11 is 0. The molecule has 6 nitrogen and oxygen atoms in total. The summed E-state index contributed by atoms with van der Waals surface area (Å²) in [5.74, 6) is 0.0959. The number of aromatic hydroxyl groups is 2. The highest BCUT2D eigenvalue weighted by molar-refractivity contribution is 5.91. The van der Waals surface area contributed by atoms with Gasteiger partial charge >= 0.3 is 0 Å². The highest BCUT2D eigenvalue weighted by Crippen LogP contribution is 2.26. The third-order valence-corrected chi connectivity index (χ3v) is 3.38. The Morgan fingerprint density at radius 1 is 1.21 bits per heavy atom. The van der Waals surface area contributed by atoms with Gasteiger partial charge in [-0.05, 0) is 41.5 Å². The highest BCUT2D eigenvalue weighted by atomic mass is 16.5. The molecule has 0 spiro atoms. The van der Waals surface area contributed by atoms with Gasteiger partial charge in [0.15, 0.2) is 11.5 Å². The van der Waals surface area contributed by atoms with E-state index in [1.807, 2.05) is 0 Å². The number of phenols is 2. The zero-order chi connectivity index (χ0) is 17.5. The van der Waals surface area contributed by atoms with Crippen LogP contribution in [0.2, 0.25) is 0 Å². The summed E-state index contributed by atoms with van der Waals surface area (Å²) in [4.78, 5) is 11.8. The second-order valence-corrected chi connectivity index (χ2v) is 5.12. The summed E-state index contributed by atoms with van der Waals surface area (Å²) in [6.45, 7) is 0.0485. The third-order valence-electron chi connectivity index (χ3n) is 3.38. The molecule has 0 heterocycles. The van der Waals surface area contributed by atoms with Crippen molar-refractivity contribution in [3.63, 3.8) is 0 Å². The Morgan fingerprint density at radius 3 is 2.58 bits per heavy atom. The molecule has 0 aromatic heterocycles. The normalized spacial score (nSPS) is 12.1. The molecule has 0 radical (unpaired) electrons. The topological polar surface area (TPSA) is 99.0 Å². The molecule has 1 amide bonds. The standard InChI is InChI=1S/C18H19NO5/c1-24-17-10-12(2-8-15(17)21)3-9-18(23)19-11-16(22)13-4-6-14(20)7-5-13/h2-10,16,20-22H,11H2,1H3,(H,19,23)/t16-/m0/s1. The van der Waals surface area contributed by atoms with Crippen LogP contribution in [0.15, 0.2) is 48.5 Å². The molecule has 0 aliphatic carbocycles. The molecule has 24 heavy (non-hydrogen) atoms. The predicted molar refractivity (Wildman–Crippen MR) is 89.8 cm³/mol. The fraction of sp³-hybridized carbons (Fsp3) is 0.167. The Hall–Kier alpha value is -2.99. The summed E-state index contributed by atoms with van der Waals surface area (Å²) in [5, 5.41) is 31.3. The molecule has 0 saturated carbocycles. The number of rotatable bonds is 6. The monoisotopic (exact) mass is 329 g/mol. The summed E-state index contributed by atoms with van der Waals surface area (Å²) in [7, 11) is 1.44. The summed E-state index contributed by atoms with van der Waals surface area (Å²) in [5.41, 5.74) is 1.29. The Morgan fingerprint density at radius 2 is 1.92 bits per heavy atom. The van der Waals surface area contributed by atoms with Gasteiger partial charge in [0, 0.05) is 12.6 Å². The lowest BCUT2D eigenvalue weighted by Gasteiger charge is -2.11. The van der Waals surface area contributed by atoms with E-state index < -0.39 is 6.10 Å². The van der Waals surface area contributed by atoms with Crippen molar-refractivity contribution in [2.45, 2.75) is 6.10 Å². The molecular formula is C18H19NO5. The van der Waals surface area contributed by atoms with Crippen LogP contribution in [0.5, 0.6) is 17.2 Å². The number of phenolic OH excluding ortho intramolecular Hbond substituents is 2. The average Bonchev–Trinajstić information content (AvgIpc) is 2.59. The maximum atomic E-state index is 11.8. The minimum absolute atomic E-state index is 0.0242.